The Kier molecular flexibility index (Phi) is 5.84. The van der Waals surface area contributed by atoms with Crippen LogP contribution in [0.5, 0.6) is 0 Å². The standard InChI is InChI=1S/C17H16F3NO3S/c18-17(19,20)14-8-4-5-9-15(14)21-16(22)10-11-25(23,24)12-13-6-2-1-3-7-13/h1-9H,10-12H2,(H,21,22). The van der Waals surface area contributed by atoms with Gasteiger partial charge in [-0.2, -0.15) is 13.2 Å². The topological polar surface area (TPSA) is 63.2 Å². The summed E-state index contributed by atoms with van der Waals surface area (Å²) in [5, 5.41) is 2.13. The zero-order valence-corrected chi connectivity index (χ0v) is 13.9. The van der Waals surface area contributed by atoms with E-state index in [1.807, 2.05) is 0 Å². The third kappa shape index (κ3) is 5.90. The van der Waals surface area contributed by atoms with Gasteiger partial charge in [0.15, 0.2) is 9.84 Å². The fraction of sp³-hybridized carbons (Fsp3) is 0.235. The number of amides is 1. The molecule has 25 heavy (non-hydrogen) atoms. The van der Waals surface area contributed by atoms with Crippen LogP contribution in [0.4, 0.5) is 18.9 Å². The van der Waals surface area contributed by atoms with Crippen molar-refractivity contribution in [3.63, 3.8) is 0 Å². The second kappa shape index (κ2) is 7.69. The average Bonchev–Trinajstić information content (AvgIpc) is 2.53. The smallest absolute Gasteiger partial charge is 0.325 e. The van der Waals surface area contributed by atoms with Gasteiger partial charge in [0.1, 0.15) is 0 Å². The highest BCUT2D eigenvalue weighted by molar-refractivity contribution is 7.90. The van der Waals surface area contributed by atoms with E-state index in [2.05, 4.69) is 5.32 Å². The first kappa shape index (κ1) is 19.0. The molecule has 8 heteroatoms. The van der Waals surface area contributed by atoms with Crippen LogP contribution in [-0.2, 0) is 26.6 Å². The molecule has 0 radical (unpaired) electrons. The van der Waals surface area contributed by atoms with Gasteiger partial charge in [-0.1, -0.05) is 42.5 Å². The molecule has 2 aromatic carbocycles. The molecule has 0 spiro atoms. The van der Waals surface area contributed by atoms with Gasteiger partial charge in [0.25, 0.3) is 0 Å². The Balaban J connectivity index is 1.97. The third-order valence-corrected chi connectivity index (χ3v) is 4.98. The first-order valence-corrected chi connectivity index (χ1v) is 9.20. The zero-order valence-electron chi connectivity index (χ0n) is 13.1. The van der Waals surface area contributed by atoms with Crippen LogP contribution in [-0.4, -0.2) is 20.1 Å². The Morgan fingerprint density at radius 1 is 0.960 bits per heavy atom. The molecule has 1 N–H and O–H groups in total. The molecule has 0 unspecified atom stereocenters. The summed E-state index contributed by atoms with van der Waals surface area (Å²) < 4.78 is 62.7. The molecular formula is C17H16F3NO3S. The van der Waals surface area contributed by atoms with Gasteiger partial charge in [-0.05, 0) is 17.7 Å². The molecule has 0 fully saturated rings. The Labute approximate surface area is 143 Å². The van der Waals surface area contributed by atoms with Crippen LogP contribution >= 0.6 is 0 Å². The minimum Gasteiger partial charge on any atom is -0.325 e. The fourth-order valence-electron chi connectivity index (χ4n) is 2.20. The highest BCUT2D eigenvalue weighted by Crippen LogP contribution is 2.34. The van der Waals surface area contributed by atoms with Crippen LogP contribution in [0.2, 0.25) is 0 Å². The lowest BCUT2D eigenvalue weighted by molar-refractivity contribution is -0.137. The number of anilines is 1. The SMILES string of the molecule is O=C(CCS(=O)(=O)Cc1ccccc1)Nc1ccccc1C(F)(F)F. The molecule has 0 aliphatic rings. The first-order chi connectivity index (χ1) is 11.7. The average molecular weight is 371 g/mol. The van der Waals surface area contributed by atoms with Crippen molar-refractivity contribution in [2.24, 2.45) is 0 Å². The summed E-state index contributed by atoms with van der Waals surface area (Å²) in [7, 11) is -3.54. The monoisotopic (exact) mass is 371 g/mol. The second-order valence-electron chi connectivity index (χ2n) is 5.42. The van der Waals surface area contributed by atoms with E-state index in [0.29, 0.717) is 5.56 Å². The van der Waals surface area contributed by atoms with E-state index in [-0.39, 0.29) is 11.4 Å². The Morgan fingerprint density at radius 2 is 1.56 bits per heavy atom. The van der Waals surface area contributed by atoms with Crippen LogP contribution in [0, 0.1) is 0 Å². The first-order valence-electron chi connectivity index (χ1n) is 7.38. The van der Waals surface area contributed by atoms with Crippen molar-refractivity contribution in [1.29, 1.82) is 0 Å². The summed E-state index contributed by atoms with van der Waals surface area (Å²) in [5.74, 6) is -1.45. The normalized spacial score (nSPS) is 12.0. The Bertz CT molecular complexity index is 834. The fourth-order valence-corrected chi connectivity index (χ4v) is 3.54. The molecule has 0 aliphatic carbocycles. The van der Waals surface area contributed by atoms with Crippen molar-refractivity contribution in [3.8, 4) is 0 Å². The number of hydrogen-bond acceptors (Lipinski definition) is 3. The van der Waals surface area contributed by atoms with Crippen molar-refractivity contribution in [2.45, 2.75) is 18.3 Å². The highest BCUT2D eigenvalue weighted by atomic mass is 32.2. The summed E-state index contributed by atoms with van der Waals surface area (Å²) in [6.07, 6.45) is -5.02. The predicted octanol–water partition coefficient (Wildman–Crippen LogP) is 3.65. The van der Waals surface area contributed by atoms with Crippen molar-refractivity contribution < 1.29 is 26.4 Å². The summed E-state index contributed by atoms with van der Waals surface area (Å²) in [6, 6.07) is 13.0. The number of alkyl halides is 3. The summed E-state index contributed by atoms with van der Waals surface area (Å²) in [5.41, 5.74) is -0.777. The molecule has 1 amide bonds. The maximum absolute atomic E-state index is 12.9. The van der Waals surface area contributed by atoms with E-state index >= 15 is 0 Å². The van der Waals surface area contributed by atoms with Gasteiger partial charge in [0.2, 0.25) is 5.91 Å². The number of halogens is 3. The number of carbonyl (C=O) groups is 1. The van der Waals surface area contributed by atoms with Gasteiger partial charge in [0.05, 0.1) is 22.8 Å². The Morgan fingerprint density at radius 3 is 2.20 bits per heavy atom. The quantitative estimate of drug-likeness (QED) is 0.843. The molecule has 0 aromatic heterocycles. The van der Waals surface area contributed by atoms with Gasteiger partial charge < -0.3 is 5.32 Å². The maximum atomic E-state index is 12.9. The number of nitrogens with one attached hydrogen (secondary N) is 1. The number of carbonyl (C=O) groups excluding carboxylic acids is 1. The molecule has 2 aromatic rings. The van der Waals surface area contributed by atoms with Crippen molar-refractivity contribution in [3.05, 3.63) is 65.7 Å². The molecular weight excluding hydrogens is 355 g/mol. The van der Waals surface area contributed by atoms with E-state index < -0.39 is 39.7 Å². The number of benzene rings is 2. The minimum absolute atomic E-state index is 0.222. The van der Waals surface area contributed by atoms with Crippen LogP contribution in [0.3, 0.4) is 0 Å². The van der Waals surface area contributed by atoms with Crippen molar-refractivity contribution in [2.75, 3.05) is 11.1 Å². The number of rotatable bonds is 6. The van der Waals surface area contributed by atoms with Crippen LogP contribution in [0.15, 0.2) is 54.6 Å². The van der Waals surface area contributed by atoms with E-state index in [1.54, 1.807) is 30.3 Å². The molecule has 0 heterocycles. The predicted molar refractivity (Wildman–Crippen MR) is 88.6 cm³/mol. The number of para-hydroxylation sites is 1. The van der Waals surface area contributed by atoms with E-state index in [4.69, 9.17) is 0 Å². The number of hydrogen-bond donors (Lipinski definition) is 1. The molecule has 2 rings (SSSR count). The molecule has 134 valence electrons. The molecule has 0 aliphatic heterocycles. The van der Waals surface area contributed by atoms with E-state index in [1.165, 1.54) is 12.1 Å². The second-order valence-corrected chi connectivity index (χ2v) is 7.60. The molecule has 0 saturated carbocycles. The molecule has 4 nitrogen and oxygen atoms in total. The molecule has 0 saturated heterocycles. The minimum atomic E-state index is -4.61. The lowest BCUT2D eigenvalue weighted by Crippen LogP contribution is -2.20. The summed E-state index contributed by atoms with van der Waals surface area (Å²) in [4.78, 5) is 11.8. The molecule has 0 bridgehead atoms. The number of sulfone groups is 1. The lowest BCUT2D eigenvalue weighted by atomic mass is 10.1. The van der Waals surface area contributed by atoms with Crippen LogP contribution in [0.25, 0.3) is 0 Å². The van der Waals surface area contributed by atoms with Crippen LogP contribution in [0.1, 0.15) is 17.5 Å². The Hall–Kier alpha value is -2.35. The zero-order chi connectivity index (χ0) is 18.5. The molecule has 0 atom stereocenters. The van der Waals surface area contributed by atoms with Gasteiger partial charge in [-0.15, -0.1) is 0 Å². The summed E-state index contributed by atoms with van der Waals surface area (Å²) >= 11 is 0. The van der Waals surface area contributed by atoms with Crippen molar-refractivity contribution in [1.82, 2.24) is 0 Å². The maximum Gasteiger partial charge on any atom is 0.418 e. The van der Waals surface area contributed by atoms with Gasteiger partial charge in [-0.25, -0.2) is 8.42 Å². The van der Waals surface area contributed by atoms with E-state index in [9.17, 15) is 26.4 Å². The van der Waals surface area contributed by atoms with Gasteiger partial charge in [-0.3, -0.25) is 4.79 Å². The third-order valence-electron chi connectivity index (χ3n) is 3.38. The van der Waals surface area contributed by atoms with E-state index in [0.717, 1.165) is 12.1 Å². The van der Waals surface area contributed by atoms with Crippen LogP contribution < -0.4 is 5.32 Å². The lowest BCUT2D eigenvalue weighted by Gasteiger charge is -2.13. The van der Waals surface area contributed by atoms with Crippen molar-refractivity contribution >= 4 is 21.4 Å². The van der Waals surface area contributed by atoms with Gasteiger partial charge in [0, 0.05) is 6.42 Å². The summed E-state index contributed by atoms with van der Waals surface area (Å²) in [6.45, 7) is 0. The largest absolute Gasteiger partial charge is 0.418 e. The highest BCUT2D eigenvalue weighted by Gasteiger charge is 2.33. The van der Waals surface area contributed by atoms with Gasteiger partial charge >= 0.3 is 6.18 Å².